The van der Waals surface area contributed by atoms with Gasteiger partial charge in [-0.1, -0.05) is 41.9 Å². The van der Waals surface area contributed by atoms with Crippen molar-refractivity contribution in [2.75, 3.05) is 39.4 Å². The lowest BCUT2D eigenvalue weighted by Gasteiger charge is -2.41. The van der Waals surface area contributed by atoms with Crippen LogP contribution in [0.3, 0.4) is 0 Å². The summed E-state index contributed by atoms with van der Waals surface area (Å²) in [5.74, 6) is -0.265. The van der Waals surface area contributed by atoms with Crippen molar-refractivity contribution < 1.29 is 22.7 Å². The van der Waals surface area contributed by atoms with Crippen molar-refractivity contribution >= 4 is 23.6 Å². The SMILES string of the molecule is O=C(/C=C/c1ccccc1C(F)(F)F)N1CCC2(CC1)CC(N1CCOCC1)c1cccc(Cl)c12. The maximum atomic E-state index is 13.3. The van der Waals surface area contributed by atoms with Crippen molar-refractivity contribution in [3.8, 4) is 0 Å². The molecule has 2 aromatic carbocycles. The molecule has 1 unspecified atom stereocenters. The van der Waals surface area contributed by atoms with Gasteiger partial charge in [0.1, 0.15) is 0 Å². The number of halogens is 4. The third kappa shape index (κ3) is 4.74. The van der Waals surface area contributed by atoms with Crippen LogP contribution in [-0.4, -0.2) is 55.1 Å². The molecule has 0 aromatic heterocycles. The molecular weight excluding hydrogens is 477 g/mol. The number of amides is 1. The van der Waals surface area contributed by atoms with E-state index in [9.17, 15) is 18.0 Å². The molecule has 2 fully saturated rings. The Morgan fingerprint density at radius 2 is 1.74 bits per heavy atom. The Kier molecular flexibility index (Phi) is 6.68. The van der Waals surface area contributed by atoms with Crippen LogP contribution in [0.5, 0.6) is 0 Å². The summed E-state index contributed by atoms with van der Waals surface area (Å²) in [7, 11) is 0. The molecule has 1 atom stereocenters. The average Bonchev–Trinajstić information content (AvgIpc) is 3.18. The molecule has 0 saturated carbocycles. The lowest BCUT2D eigenvalue weighted by Crippen LogP contribution is -2.45. The highest BCUT2D eigenvalue weighted by atomic mass is 35.5. The van der Waals surface area contributed by atoms with E-state index in [1.165, 1.54) is 41.5 Å². The highest BCUT2D eigenvalue weighted by molar-refractivity contribution is 6.31. The Labute approximate surface area is 208 Å². The number of carbonyl (C=O) groups excluding carboxylic acids is 1. The second-order valence-corrected chi connectivity index (χ2v) is 10.0. The third-order valence-electron chi connectivity index (χ3n) is 7.71. The second kappa shape index (κ2) is 9.60. The summed E-state index contributed by atoms with van der Waals surface area (Å²) in [6.45, 7) is 4.33. The summed E-state index contributed by atoms with van der Waals surface area (Å²) < 4.78 is 45.3. The molecule has 2 aliphatic heterocycles. The first kappa shape index (κ1) is 24.3. The van der Waals surface area contributed by atoms with Gasteiger partial charge in [0.25, 0.3) is 0 Å². The van der Waals surface area contributed by atoms with E-state index in [2.05, 4.69) is 11.0 Å². The van der Waals surface area contributed by atoms with E-state index in [-0.39, 0.29) is 22.9 Å². The third-order valence-corrected chi connectivity index (χ3v) is 8.02. The van der Waals surface area contributed by atoms with Crippen molar-refractivity contribution in [1.29, 1.82) is 0 Å². The summed E-state index contributed by atoms with van der Waals surface area (Å²) in [6.07, 6.45) is 0.587. The van der Waals surface area contributed by atoms with Gasteiger partial charge < -0.3 is 9.64 Å². The van der Waals surface area contributed by atoms with Crippen LogP contribution in [-0.2, 0) is 21.1 Å². The fourth-order valence-corrected chi connectivity index (χ4v) is 6.33. The highest BCUT2D eigenvalue weighted by Crippen LogP contribution is 2.55. The standard InChI is InChI=1S/C27H28ClF3N2O2/c28-22-7-3-5-20-23(32-14-16-35-17-15-32)18-26(25(20)22)10-12-33(13-11-26)24(34)9-8-19-4-1-2-6-21(19)27(29,30)31/h1-9,23H,10-18H2/b9-8+. The van der Waals surface area contributed by atoms with E-state index in [1.807, 2.05) is 12.1 Å². The highest BCUT2D eigenvalue weighted by Gasteiger charge is 2.48. The van der Waals surface area contributed by atoms with Crippen molar-refractivity contribution in [3.05, 3.63) is 75.8 Å². The minimum atomic E-state index is -4.46. The smallest absolute Gasteiger partial charge is 0.379 e. The van der Waals surface area contributed by atoms with Gasteiger partial charge >= 0.3 is 6.18 Å². The summed E-state index contributed by atoms with van der Waals surface area (Å²) in [6, 6.07) is 11.7. The Hall–Kier alpha value is -2.35. The quantitative estimate of drug-likeness (QED) is 0.502. The van der Waals surface area contributed by atoms with Crippen LogP contribution < -0.4 is 0 Å². The Balaban J connectivity index is 1.31. The number of benzene rings is 2. The summed E-state index contributed by atoms with van der Waals surface area (Å²) in [5, 5.41) is 0.779. The number of fused-ring (bicyclic) bond motifs is 2. The lowest BCUT2D eigenvalue weighted by atomic mass is 9.73. The largest absolute Gasteiger partial charge is 0.416 e. The van der Waals surface area contributed by atoms with E-state index < -0.39 is 11.7 Å². The zero-order valence-electron chi connectivity index (χ0n) is 19.4. The summed E-state index contributed by atoms with van der Waals surface area (Å²) >= 11 is 6.74. The van der Waals surface area contributed by atoms with Crippen LogP contribution in [0.15, 0.2) is 48.5 Å². The molecule has 4 nitrogen and oxygen atoms in total. The number of hydrogen-bond donors (Lipinski definition) is 0. The fourth-order valence-electron chi connectivity index (χ4n) is 5.95. The maximum absolute atomic E-state index is 13.3. The molecule has 2 heterocycles. The van der Waals surface area contributed by atoms with Gasteiger partial charge in [-0.2, -0.15) is 13.2 Å². The number of nitrogens with zero attached hydrogens (tertiary/aromatic N) is 2. The molecule has 1 aliphatic carbocycles. The average molecular weight is 505 g/mol. The first-order valence-corrected chi connectivity index (χ1v) is 12.4. The van der Waals surface area contributed by atoms with Gasteiger partial charge in [0.15, 0.2) is 0 Å². The normalized spacial score (nSPS) is 22.6. The van der Waals surface area contributed by atoms with Crippen LogP contribution in [0.4, 0.5) is 13.2 Å². The van der Waals surface area contributed by atoms with Crippen LogP contribution in [0.25, 0.3) is 6.08 Å². The fraction of sp³-hybridized carbons (Fsp3) is 0.444. The molecule has 2 aromatic rings. The van der Waals surface area contributed by atoms with Crippen molar-refractivity contribution in [2.24, 2.45) is 0 Å². The number of morpholine rings is 1. The minimum Gasteiger partial charge on any atom is -0.379 e. The van der Waals surface area contributed by atoms with Gasteiger partial charge in [0, 0.05) is 48.7 Å². The number of rotatable bonds is 3. The number of ether oxygens (including phenoxy) is 1. The molecule has 3 aliphatic rings. The summed E-state index contributed by atoms with van der Waals surface area (Å²) in [5.41, 5.74) is 1.64. The molecule has 0 radical (unpaired) electrons. The van der Waals surface area contributed by atoms with Gasteiger partial charge in [-0.15, -0.1) is 0 Å². The molecule has 0 bridgehead atoms. The Bertz CT molecular complexity index is 1120. The van der Waals surface area contributed by atoms with Crippen molar-refractivity contribution in [1.82, 2.24) is 9.80 Å². The molecule has 1 spiro atoms. The predicted molar refractivity (Wildman–Crippen MR) is 129 cm³/mol. The van der Waals surface area contributed by atoms with E-state index in [1.54, 1.807) is 4.90 Å². The van der Waals surface area contributed by atoms with Gasteiger partial charge in [0.2, 0.25) is 5.91 Å². The van der Waals surface area contributed by atoms with E-state index in [0.717, 1.165) is 56.7 Å². The number of hydrogen-bond acceptors (Lipinski definition) is 3. The van der Waals surface area contributed by atoms with Crippen LogP contribution in [0.1, 0.15) is 47.6 Å². The zero-order valence-corrected chi connectivity index (χ0v) is 20.1. The molecule has 1 amide bonds. The summed E-state index contributed by atoms with van der Waals surface area (Å²) in [4.78, 5) is 17.1. The van der Waals surface area contributed by atoms with Crippen LogP contribution >= 0.6 is 11.6 Å². The minimum absolute atomic E-state index is 0.00770. The van der Waals surface area contributed by atoms with Gasteiger partial charge in [-0.05, 0) is 54.2 Å². The number of likely N-dealkylation sites (tertiary alicyclic amines) is 1. The van der Waals surface area contributed by atoms with E-state index >= 15 is 0 Å². The van der Waals surface area contributed by atoms with Crippen LogP contribution in [0, 0.1) is 0 Å². The zero-order chi connectivity index (χ0) is 24.6. The maximum Gasteiger partial charge on any atom is 0.416 e. The first-order valence-electron chi connectivity index (χ1n) is 12.0. The van der Waals surface area contributed by atoms with E-state index in [4.69, 9.17) is 16.3 Å². The molecule has 8 heteroatoms. The molecule has 0 N–H and O–H groups in total. The van der Waals surface area contributed by atoms with Crippen LogP contribution in [0.2, 0.25) is 5.02 Å². The van der Waals surface area contributed by atoms with Gasteiger partial charge in [-0.25, -0.2) is 0 Å². The van der Waals surface area contributed by atoms with Gasteiger partial charge in [0.05, 0.1) is 18.8 Å². The molecule has 35 heavy (non-hydrogen) atoms. The second-order valence-electron chi connectivity index (χ2n) is 9.60. The Morgan fingerprint density at radius 3 is 2.46 bits per heavy atom. The van der Waals surface area contributed by atoms with Crippen molar-refractivity contribution in [2.45, 2.75) is 36.9 Å². The lowest BCUT2D eigenvalue weighted by molar-refractivity contribution is -0.137. The molecular formula is C27H28ClF3N2O2. The monoisotopic (exact) mass is 504 g/mol. The van der Waals surface area contributed by atoms with E-state index in [0.29, 0.717) is 13.1 Å². The Morgan fingerprint density at radius 1 is 1.03 bits per heavy atom. The van der Waals surface area contributed by atoms with Crippen molar-refractivity contribution in [3.63, 3.8) is 0 Å². The number of piperidine rings is 1. The first-order chi connectivity index (χ1) is 16.8. The number of carbonyl (C=O) groups is 1. The topological polar surface area (TPSA) is 32.8 Å². The number of alkyl halides is 3. The predicted octanol–water partition coefficient (Wildman–Crippen LogP) is 5.71. The molecule has 5 rings (SSSR count). The molecule has 2 saturated heterocycles. The van der Waals surface area contributed by atoms with Gasteiger partial charge in [-0.3, -0.25) is 9.69 Å². The molecule has 186 valence electrons.